The molecule has 2 rings (SSSR count). The predicted octanol–water partition coefficient (Wildman–Crippen LogP) is 4.14. The molecule has 8 heteroatoms. The van der Waals surface area contributed by atoms with Crippen LogP contribution in [0.2, 0.25) is 0 Å². The highest BCUT2D eigenvalue weighted by Gasteiger charge is 2.26. The zero-order valence-corrected chi connectivity index (χ0v) is 18.2. The van der Waals surface area contributed by atoms with Gasteiger partial charge in [0.15, 0.2) is 0 Å². The molecule has 0 bridgehead atoms. The van der Waals surface area contributed by atoms with Crippen LogP contribution in [-0.2, 0) is 14.8 Å². The van der Waals surface area contributed by atoms with E-state index in [0.29, 0.717) is 25.4 Å². The predicted molar refractivity (Wildman–Crippen MR) is 114 cm³/mol. The highest BCUT2D eigenvalue weighted by molar-refractivity contribution is 7.89. The van der Waals surface area contributed by atoms with Gasteiger partial charge in [-0.05, 0) is 55.1 Å². The molecule has 0 saturated heterocycles. The Balaban J connectivity index is 2.30. The van der Waals surface area contributed by atoms with E-state index < -0.39 is 10.0 Å². The van der Waals surface area contributed by atoms with Crippen molar-refractivity contribution in [3.8, 4) is 5.75 Å². The van der Waals surface area contributed by atoms with Crippen molar-refractivity contribution in [3.63, 3.8) is 0 Å². The van der Waals surface area contributed by atoms with E-state index >= 15 is 0 Å². The number of carbonyl (C=O) groups is 1. The number of hydrogen-bond donors (Lipinski definition) is 1. The van der Waals surface area contributed by atoms with Gasteiger partial charge in [0.05, 0.1) is 6.61 Å². The molecule has 2 aromatic rings. The van der Waals surface area contributed by atoms with Crippen LogP contribution in [0.5, 0.6) is 5.75 Å². The fourth-order valence-electron chi connectivity index (χ4n) is 2.66. The van der Waals surface area contributed by atoms with E-state index in [1.807, 2.05) is 18.4 Å². The summed E-state index contributed by atoms with van der Waals surface area (Å²) in [6.07, 6.45) is 3.19. The molecule has 0 atom stereocenters. The Hall–Kier alpha value is -2.16. The molecule has 0 aliphatic heterocycles. The molecule has 152 valence electrons. The molecule has 28 heavy (non-hydrogen) atoms. The van der Waals surface area contributed by atoms with Crippen LogP contribution in [0.15, 0.2) is 40.6 Å². The third-order valence-electron chi connectivity index (χ3n) is 4.12. The van der Waals surface area contributed by atoms with E-state index in [1.165, 1.54) is 16.4 Å². The first-order valence-corrected chi connectivity index (χ1v) is 11.5. The van der Waals surface area contributed by atoms with E-state index in [9.17, 15) is 13.2 Å². The number of hydrogen-bond acceptors (Lipinski definition) is 5. The number of aryl methyl sites for hydroxylation is 1. The van der Waals surface area contributed by atoms with Crippen LogP contribution in [0.1, 0.15) is 31.2 Å². The van der Waals surface area contributed by atoms with Gasteiger partial charge in [0, 0.05) is 29.7 Å². The van der Waals surface area contributed by atoms with Gasteiger partial charge in [0.25, 0.3) is 0 Å². The molecular weight excluding hydrogens is 396 g/mol. The summed E-state index contributed by atoms with van der Waals surface area (Å²) in [5, 5.41) is 4.68. The number of nitrogens with one attached hydrogen (secondary N) is 1. The van der Waals surface area contributed by atoms with Gasteiger partial charge in [-0.3, -0.25) is 4.79 Å². The Morgan fingerprint density at radius 1 is 1.21 bits per heavy atom. The number of sulfonamides is 1. The number of nitrogens with zero attached hydrogens (tertiary/aromatic N) is 1. The highest BCUT2D eigenvalue weighted by Crippen LogP contribution is 2.30. The summed E-state index contributed by atoms with van der Waals surface area (Å²) < 4.78 is 32.8. The SMILES string of the molecule is CCOc1ccc(NC(=O)/C=C/c2sccc2C)cc1S(=O)(=O)N(CC)CC. The molecule has 0 radical (unpaired) electrons. The maximum absolute atomic E-state index is 13.0. The zero-order chi connectivity index (χ0) is 20.7. The topological polar surface area (TPSA) is 75.7 Å². The first-order valence-electron chi connectivity index (χ1n) is 9.13. The third-order valence-corrected chi connectivity index (χ3v) is 7.18. The summed E-state index contributed by atoms with van der Waals surface area (Å²) >= 11 is 1.55. The largest absolute Gasteiger partial charge is 0.492 e. The minimum absolute atomic E-state index is 0.0499. The molecule has 1 heterocycles. The maximum Gasteiger partial charge on any atom is 0.248 e. The number of thiophene rings is 1. The Labute approximate surface area is 170 Å². The standard InChI is InChI=1S/C20H26N2O4S2/c1-5-22(6-2)28(24,25)19-14-16(8-9-17(19)26-7-3)21-20(23)11-10-18-15(4)12-13-27-18/h8-14H,5-7H2,1-4H3,(H,21,23)/b11-10+. The first kappa shape index (κ1) is 22.1. The van der Waals surface area contributed by atoms with Crippen molar-refractivity contribution in [2.75, 3.05) is 25.0 Å². The van der Waals surface area contributed by atoms with Crippen LogP contribution in [0.3, 0.4) is 0 Å². The Morgan fingerprint density at radius 2 is 1.93 bits per heavy atom. The minimum Gasteiger partial charge on any atom is -0.492 e. The molecular formula is C20H26N2O4S2. The Morgan fingerprint density at radius 3 is 2.50 bits per heavy atom. The van der Waals surface area contributed by atoms with Crippen LogP contribution >= 0.6 is 11.3 Å². The number of ether oxygens (including phenoxy) is 1. The van der Waals surface area contributed by atoms with Crippen LogP contribution < -0.4 is 10.1 Å². The monoisotopic (exact) mass is 422 g/mol. The minimum atomic E-state index is -3.73. The van der Waals surface area contributed by atoms with Gasteiger partial charge in [-0.2, -0.15) is 4.31 Å². The number of carbonyl (C=O) groups excluding carboxylic acids is 1. The summed E-state index contributed by atoms with van der Waals surface area (Å²) in [5.41, 5.74) is 1.49. The summed E-state index contributed by atoms with van der Waals surface area (Å²) in [6.45, 7) is 8.38. The third kappa shape index (κ3) is 5.21. The highest BCUT2D eigenvalue weighted by atomic mass is 32.2. The van der Waals surface area contributed by atoms with Crippen molar-refractivity contribution >= 4 is 39.0 Å². The van der Waals surface area contributed by atoms with Crippen LogP contribution in [0, 0.1) is 6.92 Å². The molecule has 6 nitrogen and oxygen atoms in total. The van der Waals surface area contributed by atoms with Gasteiger partial charge in [-0.15, -0.1) is 11.3 Å². The molecule has 0 saturated carbocycles. The van der Waals surface area contributed by atoms with Crippen LogP contribution in [0.25, 0.3) is 6.08 Å². The van der Waals surface area contributed by atoms with Crippen molar-refractivity contribution in [1.29, 1.82) is 0 Å². The maximum atomic E-state index is 13.0. The van der Waals surface area contributed by atoms with Crippen LogP contribution in [0.4, 0.5) is 5.69 Å². The van der Waals surface area contributed by atoms with Crippen molar-refractivity contribution in [1.82, 2.24) is 4.31 Å². The fourth-order valence-corrected chi connectivity index (χ4v) is 5.09. The van der Waals surface area contributed by atoms with E-state index in [-0.39, 0.29) is 16.6 Å². The lowest BCUT2D eigenvalue weighted by atomic mass is 10.2. The molecule has 0 fully saturated rings. The van der Waals surface area contributed by atoms with Gasteiger partial charge in [-0.1, -0.05) is 13.8 Å². The number of rotatable bonds is 9. The van der Waals surface area contributed by atoms with Gasteiger partial charge in [0.1, 0.15) is 10.6 Å². The molecule has 1 aromatic carbocycles. The second-order valence-electron chi connectivity index (χ2n) is 5.97. The van der Waals surface area contributed by atoms with Crippen molar-refractivity contribution < 1.29 is 17.9 Å². The van der Waals surface area contributed by atoms with Gasteiger partial charge >= 0.3 is 0 Å². The van der Waals surface area contributed by atoms with E-state index in [0.717, 1.165) is 10.4 Å². The van der Waals surface area contributed by atoms with Crippen molar-refractivity contribution in [2.45, 2.75) is 32.6 Å². The number of anilines is 1. The average molecular weight is 423 g/mol. The number of amides is 1. The second kappa shape index (κ2) is 9.86. The van der Waals surface area contributed by atoms with Crippen molar-refractivity contribution in [2.24, 2.45) is 0 Å². The molecule has 0 spiro atoms. The quantitative estimate of drug-likeness (QED) is 0.616. The zero-order valence-electron chi connectivity index (χ0n) is 16.6. The lowest BCUT2D eigenvalue weighted by Gasteiger charge is -2.21. The lowest BCUT2D eigenvalue weighted by molar-refractivity contribution is -0.111. The molecule has 0 unspecified atom stereocenters. The lowest BCUT2D eigenvalue weighted by Crippen LogP contribution is -2.31. The molecule has 1 aromatic heterocycles. The molecule has 1 amide bonds. The smallest absolute Gasteiger partial charge is 0.248 e. The normalized spacial score (nSPS) is 11.9. The Bertz CT molecular complexity index is 945. The first-order chi connectivity index (χ1) is 13.3. The summed E-state index contributed by atoms with van der Waals surface area (Å²) in [7, 11) is -3.73. The second-order valence-corrected chi connectivity index (χ2v) is 8.83. The van der Waals surface area contributed by atoms with E-state index in [2.05, 4.69) is 5.32 Å². The average Bonchev–Trinajstić information content (AvgIpc) is 3.07. The molecule has 0 aliphatic carbocycles. The summed E-state index contributed by atoms with van der Waals surface area (Å²) in [6, 6.07) is 6.64. The fraction of sp³-hybridized carbons (Fsp3) is 0.350. The number of benzene rings is 1. The summed E-state index contributed by atoms with van der Waals surface area (Å²) in [4.78, 5) is 13.3. The Kier molecular flexibility index (Phi) is 7.79. The van der Waals surface area contributed by atoms with Crippen LogP contribution in [-0.4, -0.2) is 38.3 Å². The molecule has 0 aliphatic rings. The van der Waals surface area contributed by atoms with Crippen molar-refractivity contribution in [3.05, 3.63) is 46.2 Å². The van der Waals surface area contributed by atoms with E-state index in [1.54, 1.807) is 50.3 Å². The molecule has 1 N–H and O–H groups in total. The van der Waals surface area contributed by atoms with Gasteiger partial charge in [0.2, 0.25) is 15.9 Å². The van der Waals surface area contributed by atoms with Gasteiger partial charge in [-0.25, -0.2) is 8.42 Å². The van der Waals surface area contributed by atoms with E-state index in [4.69, 9.17) is 4.74 Å². The van der Waals surface area contributed by atoms with Gasteiger partial charge < -0.3 is 10.1 Å². The summed E-state index contributed by atoms with van der Waals surface area (Å²) in [5.74, 6) is -0.0553.